The number of hydrogen-bond donors (Lipinski definition) is 0. The Hall–Kier alpha value is -1.43. The molecule has 2 aromatic carbocycles. The summed E-state index contributed by atoms with van der Waals surface area (Å²) in [7, 11) is 0.606. The largest absolute Gasteiger partial charge is 0.454 e. The molecule has 19 heavy (non-hydrogen) atoms. The number of aryl methyl sites for hydroxylation is 2. The Labute approximate surface area is 116 Å². The molecule has 98 valence electrons. The van der Waals surface area contributed by atoms with Crippen molar-refractivity contribution >= 4 is 17.6 Å². The van der Waals surface area contributed by atoms with Crippen LogP contribution in [0.25, 0.3) is 0 Å². The maximum atomic E-state index is 5.56. The molecule has 0 aromatic heterocycles. The Morgan fingerprint density at radius 1 is 1.05 bits per heavy atom. The molecule has 0 amide bonds. The predicted octanol–water partition coefficient (Wildman–Crippen LogP) is 5.31. The maximum Gasteiger partial charge on any atom is 0.249 e. The van der Waals surface area contributed by atoms with Gasteiger partial charge in [-0.2, -0.15) is 4.52 Å². The van der Waals surface area contributed by atoms with Gasteiger partial charge in [0.1, 0.15) is 11.5 Å². The van der Waals surface area contributed by atoms with Gasteiger partial charge in [0, 0.05) is 0 Å². The molecule has 0 fully saturated rings. The lowest BCUT2D eigenvalue weighted by atomic mass is 10.1. The fraction of sp³-hybridized carbons (Fsp3) is 0.143. The van der Waals surface area contributed by atoms with Gasteiger partial charge in [0.2, 0.25) is 17.6 Å². The lowest BCUT2D eigenvalue weighted by molar-refractivity contribution is 0.624. The molecule has 1 atom stereocenters. The zero-order chi connectivity index (χ0) is 13.5. The molecule has 3 nitrogen and oxygen atoms in total. The molecular weight excluding hydrogens is 276 g/mol. The minimum atomic E-state index is 0.0435. The lowest BCUT2D eigenvalue weighted by Gasteiger charge is -2.03. The Morgan fingerprint density at radius 2 is 1.84 bits per heavy atom. The van der Waals surface area contributed by atoms with Crippen LogP contribution in [0.15, 0.2) is 53.0 Å². The van der Waals surface area contributed by atoms with E-state index in [0.29, 0.717) is 8.60 Å². The van der Waals surface area contributed by atoms with E-state index in [-0.39, 0.29) is 8.96 Å². The van der Waals surface area contributed by atoms with E-state index in [0.717, 1.165) is 17.1 Å². The molecule has 2 aromatic rings. The Bertz CT molecular complexity index is 559. The summed E-state index contributed by atoms with van der Waals surface area (Å²) in [5.41, 5.74) is 2.35. The smallest absolute Gasteiger partial charge is 0.249 e. The van der Waals surface area contributed by atoms with Crippen LogP contribution in [-0.4, -0.2) is 0 Å². The number of hydrogen-bond acceptors (Lipinski definition) is 3. The summed E-state index contributed by atoms with van der Waals surface area (Å²) in [5, 5.41) is 0. The second-order valence-electron chi connectivity index (χ2n) is 4.05. The Morgan fingerprint density at radius 3 is 2.58 bits per heavy atom. The van der Waals surface area contributed by atoms with Crippen molar-refractivity contribution in [1.82, 2.24) is 0 Å². The highest BCUT2D eigenvalue weighted by molar-refractivity contribution is 7.39. The first-order valence-electron chi connectivity index (χ1n) is 5.87. The van der Waals surface area contributed by atoms with Gasteiger partial charge in [-0.3, -0.25) is 0 Å². The quantitative estimate of drug-likeness (QED) is 0.698. The van der Waals surface area contributed by atoms with E-state index in [2.05, 4.69) is 17.5 Å². The van der Waals surface area contributed by atoms with Gasteiger partial charge >= 0.3 is 0 Å². The van der Waals surface area contributed by atoms with Crippen LogP contribution in [-0.2, 0) is 0 Å². The van der Waals surface area contributed by atoms with Gasteiger partial charge in [0.25, 0.3) is 0 Å². The van der Waals surface area contributed by atoms with Gasteiger partial charge in [-0.15, -0.1) is 0 Å². The molecule has 0 N–H and O–H groups in total. The number of para-hydroxylation sites is 1. The summed E-state index contributed by atoms with van der Waals surface area (Å²) in [6.07, 6.45) is 0. The van der Waals surface area contributed by atoms with E-state index in [1.54, 1.807) is 0 Å². The molecule has 0 radical (unpaired) electrons. The molecular formula is C14H15NO2P2. The van der Waals surface area contributed by atoms with Crippen LogP contribution in [0.2, 0.25) is 0 Å². The van der Waals surface area contributed by atoms with E-state index in [1.807, 2.05) is 49.4 Å². The first-order valence-corrected chi connectivity index (χ1v) is 7.49. The molecule has 2 rings (SSSR count). The molecule has 0 aliphatic heterocycles. The van der Waals surface area contributed by atoms with E-state index in [4.69, 9.17) is 9.05 Å². The van der Waals surface area contributed by atoms with Crippen molar-refractivity contribution in [1.29, 1.82) is 0 Å². The highest BCUT2D eigenvalue weighted by Gasteiger charge is 1.98. The van der Waals surface area contributed by atoms with E-state index >= 15 is 0 Å². The van der Waals surface area contributed by atoms with Crippen molar-refractivity contribution in [3.8, 4) is 11.5 Å². The summed E-state index contributed by atoms with van der Waals surface area (Å²) in [6, 6.07) is 15.7. The topological polar surface area (TPSA) is 30.8 Å². The number of nitrogens with zero attached hydrogens (tertiary/aromatic N) is 1. The average Bonchev–Trinajstić information content (AvgIpc) is 2.42. The zero-order valence-electron chi connectivity index (χ0n) is 10.8. The van der Waals surface area contributed by atoms with Gasteiger partial charge in [0.15, 0.2) is 0 Å². The average molecular weight is 291 g/mol. The molecule has 0 aliphatic rings. The fourth-order valence-corrected chi connectivity index (χ4v) is 2.54. The van der Waals surface area contributed by atoms with Crippen molar-refractivity contribution in [2.45, 2.75) is 13.8 Å². The summed E-state index contributed by atoms with van der Waals surface area (Å²) in [5.74, 6) is 1.69. The first-order chi connectivity index (χ1) is 9.25. The van der Waals surface area contributed by atoms with Crippen LogP contribution in [0.4, 0.5) is 0 Å². The van der Waals surface area contributed by atoms with Gasteiger partial charge < -0.3 is 9.05 Å². The van der Waals surface area contributed by atoms with E-state index < -0.39 is 0 Å². The predicted molar refractivity (Wildman–Crippen MR) is 81.3 cm³/mol. The van der Waals surface area contributed by atoms with Crippen LogP contribution >= 0.6 is 17.6 Å². The molecule has 0 saturated heterocycles. The van der Waals surface area contributed by atoms with Gasteiger partial charge in [-0.25, -0.2) is 0 Å². The first kappa shape index (κ1) is 14.0. The highest BCUT2D eigenvalue weighted by Crippen LogP contribution is 2.27. The molecule has 0 bridgehead atoms. The van der Waals surface area contributed by atoms with Crippen molar-refractivity contribution in [3.05, 3.63) is 59.7 Å². The minimum Gasteiger partial charge on any atom is -0.454 e. The zero-order valence-corrected chi connectivity index (χ0v) is 12.7. The molecule has 0 heterocycles. The van der Waals surface area contributed by atoms with E-state index in [1.165, 1.54) is 5.56 Å². The fourth-order valence-electron chi connectivity index (χ4n) is 1.54. The summed E-state index contributed by atoms with van der Waals surface area (Å²) < 4.78 is 15.2. The SMILES string of the molecule is Cc1ccc(OP=NPOc2ccccc2)c(C)c1. The van der Waals surface area contributed by atoms with Crippen molar-refractivity contribution in [2.75, 3.05) is 0 Å². The second-order valence-corrected chi connectivity index (χ2v) is 5.58. The highest BCUT2D eigenvalue weighted by atomic mass is 31.1. The molecule has 0 spiro atoms. The van der Waals surface area contributed by atoms with Crippen LogP contribution in [0, 0.1) is 13.8 Å². The molecule has 0 saturated carbocycles. The van der Waals surface area contributed by atoms with Crippen LogP contribution in [0.1, 0.15) is 11.1 Å². The Balaban J connectivity index is 1.80. The van der Waals surface area contributed by atoms with Crippen molar-refractivity contribution in [3.63, 3.8) is 0 Å². The van der Waals surface area contributed by atoms with Crippen molar-refractivity contribution < 1.29 is 9.05 Å². The van der Waals surface area contributed by atoms with Crippen LogP contribution < -0.4 is 9.05 Å². The third-order valence-electron chi connectivity index (χ3n) is 2.46. The summed E-state index contributed by atoms with van der Waals surface area (Å²) in [4.78, 5) is 0. The molecule has 1 unspecified atom stereocenters. The maximum absolute atomic E-state index is 5.56. The third-order valence-corrected chi connectivity index (χ3v) is 3.72. The van der Waals surface area contributed by atoms with Gasteiger partial charge in [0.05, 0.1) is 0 Å². The second kappa shape index (κ2) is 7.23. The molecule has 0 aliphatic carbocycles. The van der Waals surface area contributed by atoms with Crippen molar-refractivity contribution in [2.24, 2.45) is 4.52 Å². The standard InChI is InChI=1S/C14H15NO2P2/c1-11-8-9-14(12(2)10-11)17-19-15-18-16-13-6-4-3-5-7-13/h3-10,18H,1-2H3. The number of rotatable bonds is 5. The van der Waals surface area contributed by atoms with Crippen LogP contribution in [0.5, 0.6) is 11.5 Å². The van der Waals surface area contributed by atoms with Gasteiger partial charge in [-0.05, 0) is 37.6 Å². The van der Waals surface area contributed by atoms with Gasteiger partial charge in [-0.1, -0.05) is 35.9 Å². The minimum absolute atomic E-state index is 0.0435. The van der Waals surface area contributed by atoms with E-state index in [9.17, 15) is 0 Å². The summed E-state index contributed by atoms with van der Waals surface area (Å²) in [6.45, 7) is 4.09. The van der Waals surface area contributed by atoms with Crippen LogP contribution in [0.3, 0.4) is 0 Å². The monoisotopic (exact) mass is 291 g/mol. The Kier molecular flexibility index (Phi) is 5.32. The number of benzene rings is 2. The normalized spacial score (nSPS) is 11.3. The summed E-state index contributed by atoms with van der Waals surface area (Å²) >= 11 is 0. The third kappa shape index (κ3) is 4.63. The lowest BCUT2D eigenvalue weighted by Crippen LogP contribution is -1.82. The molecule has 5 heteroatoms.